The van der Waals surface area contributed by atoms with Crippen molar-refractivity contribution in [3.8, 4) is 11.1 Å². The van der Waals surface area contributed by atoms with Crippen LogP contribution in [0.25, 0.3) is 43.8 Å². The van der Waals surface area contributed by atoms with Crippen molar-refractivity contribution in [2.24, 2.45) is 5.41 Å². The fraction of sp³-hybridized carbons (Fsp3) is 0.244. The summed E-state index contributed by atoms with van der Waals surface area (Å²) in [5, 5.41) is 4.82. The van der Waals surface area contributed by atoms with Crippen molar-refractivity contribution in [2.75, 3.05) is 4.90 Å². The summed E-state index contributed by atoms with van der Waals surface area (Å²) in [6.45, 7) is 11.6. The van der Waals surface area contributed by atoms with Gasteiger partial charge in [0.2, 0.25) is 0 Å². The molecule has 0 amide bonds. The number of hydrogen-bond acceptors (Lipinski definition) is 2. The van der Waals surface area contributed by atoms with E-state index in [1.54, 1.807) is 0 Å². The van der Waals surface area contributed by atoms with E-state index >= 15 is 0 Å². The van der Waals surface area contributed by atoms with Crippen LogP contribution in [-0.2, 0) is 19.3 Å². The first-order valence-electron chi connectivity index (χ1n) is 17.3. The van der Waals surface area contributed by atoms with Gasteiger partial charge in [0.25, 0.3) is 0 Å². The summed E-state index contributed by atoms with van der Waals surface area (Å²) >= 11 is 0. The molecule has 0 fully saturated rings. The molecule has 0 aliphatic rings. The summed E-state index contributed by atoms with van der Waals surface area (Å²) in [5.41, 5.74) is 12.4. The molecule has 0 unspecified atom stereocenters. The zero-order valence-electron chi connectivity index (χ0n) is 28.4. The molecule has 6 aromatic carbocycles. The topological polar surface area (TPSA) is 16.4 Å². The van der Waals surface area contributed by atoms with Crippen LogP contribution in [0, 0.1) is 5.41 Å². The summed E-state index contributed by atoms with van der Waals surface area (Å²) in [5.74, 6) is 0. The Morgan fingerprint density at radius 3 is 2.15 bits per heavy atom. The first-order chi connectivity index (χ1) is 22.9. The summed E-state index contributed by atoms with van der Waals surface area (Å²) < 4.78 is 7.00. The number of benzene rings is 6. The fourth-order valence-corrected chi connectivity index (χ4v) is 7.34. The summed E-state index contributed by atoms with van der Waals surface area (Å²) in [6.07, 6.45) is 5.35. The largest absolute Gasteiger partial charge is 0.455 e. The number of hydrogen-bond donors (Lipinski definition) is 0. The lowest BCUT2D eigenvalue weighted by molar-refractivity contribution is 0.365. The van der Waals surface area contributed by atoms with E-state index in [2.05, 4.69) is 161 Å². The lowest BCUT2D eigenvalue weighted by atomic mass is 9.84. The highest BCUT2D eigenvalue weighted by atomic mass is 16.3. The maximum absolute atomic E-state index is 7.00. The molecule has 7 aromatic rings. The smallest absolute Gasteiger partial charge is 0.143 e. The van der Waals surface area contributed by atoms with Crippen LogP contribution in [0.2, 0.25) is 0 Å². The third-order valence-electron chi connectivity index (χ3n) is 9.61. The maximum atomic E-state index is 7.00. The zero-order valence-corrected chi connectivity index (χ0v) is 28.4. The molecule has 0 atom stereocenters. The van der Waals surface area contributed by atoms with Crippen LogP contribution in [0.5, 0.6) is 0 Å². The van der Waals surface area contributed by atoms with Crippen molar-refractivity contribution in [1.29, 1.82) is 0 Å². The second-order valence-corrected chi connectivity index (χ2v) is 14.0. The lowest BCUT2D eigenvalue weighted by Gasteiger charge is -2.26. The molecule has 0 saturated heterocycles. The highest BCUT2D eigenvalue weighted by Crippen LogP contribution is 2.47. The predicted molar refractivity (Wildman–Crippen MR) is 202 cm³/mol. The van der Waals surface area contributed by atoms with E-state index in [-0.39, 0.29) is 0 Å². The molecule has 0 aliphatic heterocycles. The van der Waals surface area contributed by atoms with Gasteiger partial charge in [0, 0.05) is 22.3 Å². The Balaban J connectivity index is 1.53. The van der Waals surface area contributed by atoms with Crippen molar-refractivity contribution in [3.05, 3.63) is 138 Å². The van der Waals surface area contributed by atoms with Gasteiger partial charge in [0.15, 0.2) is 0 Å². The first kappa shape index (κ1) is 30.8. The number of furan rings is 1. The highest BCUT2D eigenvalue weighted by molar-refractivity contribution is 6.17. The predicted octanol–water partition coefficient (Wildman–Crippen LogP) is 13.4. The van der Waals surface area contributed by atoms with Gasteiger partial charge in [-0.3, -0.25) is 0 Å². The molecule has 0 saturated carbocycles. The molecule has 0 bridgehead atoms. The molecule has 2 heteroatoms. The van der Waals surface area contributed by atoms with E-state index in [1.807, 2.05) is 0 Å². The van der Waals surface area contributed by atoms with Gasteiger partial charge < -0.3 is 9.32 Å². The van der Waals surface area contributed by atoms with Crippen LogP contribution < -0.4 is 4.90 Å². The van der Waals surface area contributed by atoms with E-state index in [0.29, 0.717) is 5.41 Å². The van der Waals surface area contributed by atoms with Crippen LogP contribution in [0.3, 0.4) is 0 Å². The number of anilines is 3. The average Bonchev–Trinajstić information content (AvgIpc) is 3.46. The van der Waals surface area contributed by atoms with E-state index in [1.165, 1.54) is 50.4 Å². The Morgan fingerprint density at radius 1 is 0.638 bits per heavy atom. The van der Waals surface area contributed by atoms with E-state index in [4.69, 9.17) is 4.42 Å². The molecule has 1 heterocycles. The molecular formula is C45H45NO. The Bertz CT molecular complexity index is 2180. The second kappa shape index (κ2) is 12.8. The molecular weight excluding hydrogens is 571 g/mol. The Labute approximate surface area is 279 Å². The molecule has 236 valence electrons. The van der Waals surface area contributed by atoms with Gasteiger partial charge in [-0.25, -0.2) is 0 Å². The van der Waals surface area contributed by atoms with Crippen LogP contribution >= 0.6 is 0 Å². The average molecular weight is 616 g/mol. The van der Waals surface area contributed by atoms with Crippen LogP contribution in [0.15, 0.2) is 126 Å². The molecule has 47 heavy (non-hydrogen) atoms. The van der Waals surface area contributed by atoms with Crippen molar-refractivity contribution >= 4 is 49.8 Å². The minimum Gasteiger partial charge on any atom is -0.455 e. The second-order valence-electron chi connectivity index (χ2n) is 14.0. The standard InChI is InChI=1S/C45H45NO/c1-6-31-17-13-14-23-38(31)42-37(7-2)34(20-16-28-45(3,4)5)30-39-43-40(24-15-25-41(43)47-44(39)42)46(35-21-9-8-10-22-35)36-27-26-32-18-11-12-19-33(32)29-36/h8-15,17-19,21-27,29-30H,6-7,16,20,28H2,1-5H3. The fourth-order valence-electron chi connectivity index (χ4n) is 7.34. The van der Waals surface area contributed by atoms with E-state index in [0.717, 1.165) is 59.3 Å². The van der Waals surface area contributed by atoms with Gasteiger partial charge >= 0.3 is 0 Å². The lowest BCUT2D eigenvalue weighted by Crippen LogP contribution is -2.10. The molecule has 0 spiro atoms. The third-order valence-corrected chi connectivity index (χ3v) is 9.61. The third kappa shape index (κ3) is 5.94. The summed E-state index contributed by atoms with van der Waals surface area (Å²) in [6, 6.07) is 44.0. The molecule has 0 radical (unpaired) electrons. The molecule has 2 nitrogen and oxygen atoms in total. The van der Waals surface area contributed by atoms with Gasteiger partial charge in [-0.2, -0.15) is 0 Å². The SMILES string of the molecule is CCc1ccccc1-c1c(CC)c(CCCC(C)(C)C)cc2c1oc1cccc(N(c3ccccc3)c3ccc4ccccc4c3)c12. The van der Waals surface area contributed by atoms with Crippen LogP contribution in [0.1, 0.15) is 64.2 Å². The normalized spacial score (nSPS) is 11.9. The van der Waals surface area contributed by atoms with Crippen molar-refractivity contribution in [3.63, 3.8) is 0 Å². The Kier molecular flexibility index (Phi) is 8.37. The Hall–Kier alpha value is -4.82. The zero-order chi connectivity index (χ0) is 32.5. The van der Waals surface area contributed by atoms with Crippen LogP contribution in [0.4, 0.5) is 17.1 Å². The molecule has 7 rings (SSSR count). The van der Waals surface area contributed by atoms with Gasteiger partial charge in [0.05, 0.1) is 11.1 Å². The molecule has 0 N–H and O–H groups in total. The van der Waals surface area contributed by atoms with Crippen LogP contribution in [-0.4, -0.2) is 0 Å². The Morgan fingerprint density at radius 2 is 1.38 bits per heavy atom. The summed E-state index contributed by atoms with van der Waals surface area (Å²) in [7, 11) is 0. The number of nitrogens with zero attached hydrogens (tertiary/aromatic N) is 1. The van der Waals surface area contributed by atoms with Gasteiger partial charge in [-0.05, 0) is 113 Å². The first-order valence-corrected chi connectivity index (χ1v) is 17.3. The van der Waals surface area contributed by atoms with Crippen molar-refractivity contribution in [2.45, 2.75) is 66.7 Å². The van der Waals surface area contributed by atoms with Crippen molar-refractivity contribution in [1.82, 2.24) is 0 Å². The minimum atomic E-state index is 0.305. The monoisotopic (exact) mass is 615 g/mol. The van der Waals surface area contributed by atoms with Crippen molar-refractivity contribution < 1.29 is 4.42 Å². The van der Waals surface area contributed by atoms with Gasteiger partial charge in [-0.1, -0.05) is 113 Å². The number of para-hydroxylation sites is 1. The maximum Gasteiger partial charge on any atom is 0.143 e. The van der Waals surface area contributed by atoms with E-state index < -0.39 is 0 Å². The molecule has 1 aromatic heterocycles. The van der Waals surface area contributed by atoms with Gasteiger partial charge in [-0.15, -0.1) is 0 Å². The van der Waals surface area contributed by atoms with Gasteiger partial charge in [0.1, 0.15) is 11.2 Å². The quantitative estimate of drug-likeness (QED) is 0.161. The molecule has 0 aliphatic carbocycles. The van der Waals surface area contributed by atoms with E-state index in [9.17, 15) is 0 Å². The summed E-state index contributed by atoms with van der Waals surface area (Å²) in [4.78, 5) is 2.40. The minimum absolute atomic E-state index is 0.305. The highest BCUT2D eigenvalue weighted by Gasteiger charge is 2.25. The number of aryl methyl sites for hydroxylation is 2. The number of fused-ring (bicyclic) bond motifs is 4. The number of rotatable bonds is 9.